The third-order valence-electron chi connectivity index (χ3n) is 3.62. The standard InChI is InChI=1S/C19H17F2NO2/c1-3-6-12(2)24-19(23)15-8-5-4-7-14(15)13-9-17(20)16(11-22)18(21)10-13/h4-5,7-10,12H,3,6H2,1-2H3. The number of hydrogen-bond acceptors (Lipinski definition) is 3. The molecule has 24 heavy (non-hydrogen) atoms. The Bertz CT molecular complexity index is 773. The average molecular weight is 329 g/mol. The zero-order valence-electron chi connectivity index (χ0n) is 13.5. The first kappa shape index (κ1) is 17.6. The topological polar surface area (TPSA) is 50.1 Å². The van der Waals surface area contributed by atoms with Crippen LogP contribution in [0.25, 0.3) is 11.1 Å². The molecule has 0 aliphatic rings. The Labute approximate surface area is 139 Å². The van der Waals surface area contributed by atoms with E-state index in [1.54, 1.807) is 31.2 Å². The second-order valence-electron chi connectivity index (χ2n) is 5.48. The van der Waals surface area contributed by atoms with E-state index in [-0.39, 0.29) is 17.2 Å². The van der Waals surface area contributed by atoms with Crippen molar-refractivity contribution in [2.45, 2.75) is 32.8 Å². The van der Waals surface area contributed by atoms with Gasteiger partial charge < -0.3 is 4.74 Å². The minimum atomic E-state index is -0.963. The molecule has 124 valence electrons. The fraction of sp³-hybridized carbons (Fsp3) is 0.263. The number of ether oxygens (including phenoxy) is 1. The fourth-order valence-electron chi connectivity index (χ4n) is 2.46. The van der Waals surface area contributed by atoms with Crippen molar-refractivity contribution in [3.8, 4) is 17.2 Å². The number of hydrogen-bond donors (Lipinski definition) is 0. The van der Waals surface area contributed by atoms with Crippen LogP contribution in [-0.2, 0) is 4.74 Å². The van der Waals surface area contributed by atoms with E-state index in [4.69, 9.17) is 10.00 Å². The third-order valence-corrected chi connectivity index (χ3v) is 3.62. The molecular formula is C19H17F2NO2. The largest absolute Gasteiger partial charge is 0.459 e. The van der Waals surface area contributed by atoms with Gasteiger partial charge in [-0.2, -0.15) is 5.26 Å². The van der Waals surface area contributed by atoms with Gasteiger partial charge in [0.2, 0.25) is 0 Å². The lowest BCUT2D eigenvalue weighted by Crippen LogP contribution is -2.15. The first-order chi connectivity index (χ1) is 11.5. The maximum atomic E-state index is 13.9. The van der Waals surface area contributed by atoms with Crippen LogP contribution in [0, 0.1) is 23.0 Å². The van der Waals surface area contributed by atoms with Crippen LogP contribution in [0.3, 0.4) is 0 Å². The SMILES string of the molecule is CCCC(C)OC(=O)c1ccccc1-c1cc(F)c(C#N)c(F)c1. The van der Waals surface area contributed by atoms with E-state index in [9.17, 15) is 13.6 Å². The van der Waals surface area contributed by atoms with Crippen molar-refractivity contribution in [2.24, 2.45) is 0 Å². The molecular weight excluding hydrogens is 312 g/mol. The second-order valence-corrected chi connectivity index (χ2v) is 5.48. The lowest BCUT2D eigenvalue weighted by molar-refractivity contribution is 0.0324. The van der Waals surface area contributed by atoms with Crippen LogP contribution in [0.1, 0.15) is 42.6 Å². The van der Waals surface area contributed by atoms with Crippen LogP contribution < -0.4 is 0 Å². The summed E-state index contributed by atoms with van der Waals surface area (Å²) in [5, 5.41) is 8.75. The number of benzene rings is 2. The number of halogens is 2. The van der Waals surface area contributed by atoms with Crippen molar-refractivity contribution in [3.63, 3.8) is 0 Å². The average Bonchev–Trinajstić information content (AvgIpc) is 2.54. The maximum absolute atomic E-state index is 13.9. The van der Waals surface area contributed by atoms with Gasteiger partial charge >= 0.3 is 5.97 Å². The molecule has 2 rings (SSSR count). The highest BCUT2D eigenvalue weighted by Gasteiger charge is 2.18. The van der Waals surface area contributed by atoms with E-state index >= 15 is 0 Å². The summed E-state index contributed by atoms with van der Waals surface area (Å²) in [5.41, 5.74) is 0.118. The molecule has 1 atom stereocenters. The molecule has 0 bridgehead atoms. The molecule has 0 fully saturated rings. The predicted molar refractivity (Wildman–Crippen MR) is 86.3 cm³/mol. The maximum Gasteiger partial charge on any atom is 0.339 e. The molecule has 0 radical (unpaired) electrons. The molecule has 0 spiro atoms. The van der Waals surface area contributed by atoms with Gasteiger partial charge in [0.15, 0.2) is 0 Å². The molecule has 2 aromatic carbocycles. The molecule has 1 unspecified atom stereocenters. The highest BCUT2D eigenvalue weighted by molar-refractivity contribution is 5.97. The van der Waals surface area contributed by atoms with E-state index < -0.39 is 23.2 Å². The Morgan fingerprint density at radius 1 is 1.25 bits per heavy atom. The second kappa shape index (κ2) is 7.69. The molecule has 0 saturated carbocycles. The van der Waals surface area contributed by atoms with Crippen molar-refractivity contribution in [3.05, 3.63) is 59.2 Å². The van der Waals surface area contributed by atoms with Crippen LogP contribution in [0.2, 0.25) is 0 Å². The summed E-state index contributed by atoms with van der Waals surface area (Å²) in [4.78, 5) is 12.4. The Hall–Kier alpha value is -2.74. The van der Waals surface area contributed by atoms with Gasteiger partial charge in [0.05, 0.1) is 11.7 Å². The quantitative estimate of drug-likeness (QED) is 0.737. The monoisotopic (exact) mass is 329 g/mol. The summed E-state index contributed by atoms with van der Waals surface area (Å²) >= 11 is 0. The molecule has 5 heteroatoms. The van der Waals surface area contributed by atoms with Gasteiger partial charge in [-0.3, -0.25) is 0 Å². The van der Waals surface area contributed by atoms with Gasteiger partial charge in [0, 0.05) is 0 Å². The Morgan fingerprint density at radius 2 is 1.88 bits per heavy atom. The number of carbonyl (C=O) groups excluding carboxylic acids is 1. The van der Waals surface area contributed by atoms with Gasteiger partial charge in [-0.05, 0) is 42.7 Å². The molecule has 0 N–H and O–H groups in total. The molecule has 0 aromatic heterocycles. The number of nitriles is 1. The van der Waals surface area contributed by atoms with Crippen molar-refractivity contribution in [1.82, 2.24) is 0 Å². The van der Waals surface area contributed by atoms with Crippen LogP contribution in [0.15, 0.2) is 36.4 Å². The molecule has 0 saturated heterocycles. The van der Waals surface area contributed by atoms with Crippen molar-refractivity contribution >= 4 is 5.97 Å². The summed E-state index contributed by atoms with van der Waals surface area (Å²) in [5.74, 6) is -2.47. The van der Waals surface area contributed by atoms with Crippen LogP contribution in [-0.4, -0.2) is 12.1 Å². The van der Waals surface area contributed by atoms with Gasteiger partial charge in [0.1, 0.15) is 23.3 Å². The number of nitrogens with zero attached hydrogens (tertiary/aromatic N) is 1. The molecule has 0 aliphatic heterocycles. The smallest absolute Gasteiger partial charge is 0.339 e. The molecule has 3 nitrogen and oxygen atoms in total. The third kappa shape index (κ3) is 3.77. The van der Waals surface area contributed by atoms with Crippen molar-refractivity contribution < 1.29 is 18.3 Å². The van der Waals surface area contributed by atoms with Gasteiger partial charge in [-0.25, -0.2) is 13.6 Å². The lowest BCUT2D eigenvalue weighted by Gasteiger charge is -2.14. The normalized spacial score (nSPS) is 11.6. The van der Waals surface area contributed by atoms with E-state index in [1.165, 1.54) is 6.07 Å². The van der Waals surface area contributed by atoms with Gasteiger partial charge in [0.25, 0.3) is 0 Å². The highest BCUT2D eigenvalue weighted by atomic mass is 19.1. The Morgan fingerprint density at radius 3 is 2.46 bits per heavy atom. The summed E-state index contributed by atoms with van der Waals surface area (Å²) in [6, 6.07) is 10.0. The summed E-state index contributed by atoms with van der Waals surface area (Å²) < 4.78 is 33.1. The zero-order valence-corrected chi connectivity index (χ0v) is 13.5. The number of carbonyl (C=O) groups is 1. The Balaban J connectivity index is 2.43. The molecule has 0 heterocycles. The number of esters is 1. The van der Waals surface area contributed by atoms with E-state index in [0.29, 0.717) is 5.56 Å². The van der Waals surface area contributed by atoms with Crippen LogP contribution >= 0.6 is 0 Å². The molecule has 0 aliphatic carbocycles. The Kier molecular flexibility index (Phi) is 5.64. The highest BCUT2D eigenvalue weighted by Crippen LogP contribution is 2.28. The zero-order chi connectivity index (χ0) is 17.7. The first-order valence-electron chi connectivity index (χ1n) is 7.67. The van der Waals surface area contributed by atoms with Crippen molar-refractivity contribution in [1.29, 1.82) is 5.26 Å². The summed E-state index contributed by atoms with van der Waals surface area (Å²) in [7, 11) is 0. The molecule has 0 amide bonds. The summed E-state index contributed by atoms with van der Waals surface area (Å²) in [6.45, 7) is 3.78. The van der Waals surface area contributed by atoms with E-state index in [0.717, 1.165) is 25.0 Å². The van der Waals surface area contributed by atoms with Crippen LogP contribution in [0.5, 0.6) is 0 Å². The predicted octanol–water partition coefficient (Wildman–Crippen LogP) is 4.85. The minimum Gasteiger partial charge on any atom is -0.459 e. The minimum absolute atomic E-state index is 0.180. The van der Waals surface area contributed by atoms with Gasteiger partial charge in [-0.15, -0.1) is 0 Å². The number of rotatable bonds is 5. The van der Waals surface area contributed by atoms with Gasteiger partial charge in [-0.1, -0.05) is 31.5 Å². The van der Waals surface area contributed by atoms with Crippen molar-refractivity contribution in [2.75, 3.05) is 0 Å². The fourth-order valence-corrected chi connectivity index (χ4v) is 2.46. The van der Waals surface area contributed by atoms with E-state index in [1.807, 2.05) is 6.92 Å². The summed E-state index contributed by atoms with van der Waals surface area (Å²) in [6.07, 6.45) is 1.36. The lowest BCUT2D eigenvalue weighted by atomic mass is 9.98. The molecule has 2 aromatic rings. The first-order valence-corrected chi connectivity index (χ1v) is 7.67. The van der Waals surface area contributed by atoms with E-state index in [2.05, 4.69) is 0 Å². The van der Waals surface area contributed by atoms with Crippen LogP contribution in [0.4, 0.5) is 8.78 Å².